The lowest BCUT2D eigenvalue weighted by Gasteiger charge is -2.43. The molecule has 0 saturated heterocycles. The highest BCUT2D eigenvalue weighted by Gasteiger charge is 2.96. The molecule has 0 aromatic carbocycles. The van der Waals surface area contributed by atoms with Crippen molar-refractivity contribution in [3.8, 4) is 0 Å². The summed E-state index contributed by atoms with van der Waals surface area (Å²) < 4.78 is 0. The third kappa shape index (κ3) is 0.504. The van der Waals surface area contributed by atoms with Crippen LogP contribution in [0.4, 0.5) is 0 Å². The van der Waals surface area contributed by atoms with Crippen molar-refractivity contribution in [1.82, 2.24) is 0 Å². The third-order valence-corrected chi connectivity index (χ3v) is 7.84. The monoisotopic (exact) mass is 248 g/mol. The Kier molecular flexibility index (Phi) is 1.02. The van der Waals surface area contributed by atoms with E-state index in [0.717, 1.165) is 0 Å². The molecule has 0 radical (unpaired) electrons. The molecule has 7 aliphatic carbocycles. The fourth-order valence-electron chi connectivity index (χ4n) is 8.40. The minimum Gasteiger partial charge on any atom is -0.264 e. The van der Waals surface area contributed by atoms with Gasteiger partial charge in [-0.2, -0.15) is 0 Å². The van der Waals surface area contributed by atoms with Crippen LogP contribution in [0.15, 0.2) is 0 Å². The van der Waals surface area contributed by atoms with Gasteiger partial charge in [0, 0.05) is 33.5 Å². The van der Waals surface area contributed by atoms with Crippen molar-refractivity contribution in [2.75, 3.05) is 0 Å². The van der Waals surface area contributed by atoms with Crippen molar-refractivity contribution in [3.63, 3.8) is 0 Å². The summed E-state index contributed by atoms with van der Waals surface area (Å²) in [5.41, 5.74) is 0. The van der Waals surface area contributed by atoms with E-state index in [1.165, 1.54) is 0 Å². The lowest BCUT2D eigenvalue weighted by Crippen LogP contribution is -2.41. The van der Waals surface area contributed by atoms with E-state index in [1.54, 1.807) is 0 Å². The molecule has 0 aromatic heterocycles. The van der Waals surface area contributed by atoms with Crippen LogP contribution in [0.25, 0.3) is 0 Å². The molecule has 4 bridgehead atoms. The van der Waals surface area contributed by atoms with Gasteiger partial charge in [-0.3, -0.25) is 20.2 Å². The summed E-state index contributed by atoms with van der Waals surface area (Å²) in [4.78, 5) is 22.5. The predicted molar refractivity (Wildman–Crippen MR) is 56.5 cm³/mol. The van der Waals surface area contributed by atoms with Crippen molar-refractivity contribution in [1.29, 1.82) is 0 Å². The minimum absolute atomic E-state index is 0.0496. The molecule has 7 aliphatic rings. The van der Waals surface area contributed by atoms with Crippen LogP contribution in [0.3, 0.4) is 0 Å². The van der Waals surface area contributed by atoms with Crippen LogP contribution in [0, 0.1) is 79.4 Å². The van der Waals surface area contributed by atoms with E-state index < -0.39 is 0 Å². The van der Waals surface area contributed by atoms with E-state index >= 15 is 0 Å². The summed E-state index contributed by atoms with van der Waals surface area (Å²) >= 11 is 0. The highest BCUT2D eigenvalue weighted by molar-refractivity contribution is 5.38. The molecule has 4 unspecified atom stereocenters. The Morgan fingerprint density at radius 3 is 0.944 bits per heavy atom. The maximum absolute atomic E-state index is 11.3. The van der Waals surface area contributed by atoms with E-state index in [2.05, 4.69) is 0 Å². The van der Waals surface area contributed by atoms with Crippen LogP contribution in [0.5, 0.6) is 0 Å². The third-order valence-electron chi connectivity index (χ3n) is 7.84. The van der Waals surface area contributed by atoms with Crippen molar-refractivity contribution >= 4 is 0 Å². The fourth-order valence-corrected chi connectivity index (χ4v) is 8.40. The highest BCUT2D eigenvalue weighted by atomic mass is 16.6. The van der Waals surface area contributed by atoms with Gasteiger partial charge in [0.05, 0.1) is 0 Å². The van der Waals surface area contributed by atoms with E-state index in [0.29, 0.717) is 35.5 Å². The first-order valence-corrected chi connectivity index (χ1v) is 6.91. The Morgan fingerprint density at radius 2 is 0.722 bits per heavy atom. The molecular formula is C12H12N2O4. The molecule has 0 aromatic rings. The van der Waals surface area contributed by atoms with Gasteiger partial charge in [0.15, 0.2) is 0 Å². The molecule has 6 heteroatoms. The molecule has 4 atom stereocenters. The maximum Gasteiger partial charge on any atom is 0.219 e. The van der Waals surface area contributed by atoms with Crippen LogP contribution in [0.1, 0.15) is 0 Å². The van der Waals surface area contributed by atoms with Gasteiger partial charge in [0.2, 0.25) is 12.1 Å². The number of nitro groups is 2. The van der Waals surface area contributed by atoms with E-state index in [1.807, 2.05) is 0 Å². The van der Waals surface area contributed by atoms with Crippen LogP contribution >= 0.6 is 0 Å². The van der Waals surface area contributed by atoms with Gasteiger partial charge < -0.3 is 0 Å². The summed E-state index contributed by atoms with van der Waals surface area (Å²) in [7, 11) is 0. The molecule has 0 amide bonds. The van der Waals surface area contributed by atoms with Crippen LogP contribution in [0.2, 0.25) is 0 Å². The summed E-state index contributed by atoms with van der Waals surface area (Å²) in [5, 5.41) is 22.6. The van der Waals surface area contributed by atoms with Gasteiger partial charge in [0.25, 0.3) is 0 Å². The van der Waals surface area contributed by atoms with Crippen molar-refractivity contribution < 1.29 is 9.85 Å². The zero-order valence-corrected chi connectivity index (χ0v) is 9.46. The smallest absolute Gasteiger partial charge is 0.219 e. The Morgan fingerprint density at radius 1 is 0.500 bits per heavy atom. The van der Waals surface area contributed by atoms with Crippen LogP contribution < -0.4 is 0 Å². The van der Waals surface area contributed by atoms with E-state index in [-0.39, 0.29) is 45.6 Å². The second kappa shape index (κ2) is 2.08. The lowest BCUT2D eigenvalue weighted by atomic mass is 9.60. The van der Waals surface area contributed by atoms with Crippen molar-refractivity contribution in [2.45, 2.75) is 12.1 Å². The van der Waals surface area contributed by atoms with Crippen molar-refractivity contribution in [2.24, 2.45) is 59.2 Å². The van der Waals surface area contributed by atoms with Gasteiger partial charge in [0.1, 0.15) is 0 Å². The summed E-state index contributed by atoms with van der Waals surface area (Å²) in [6, 6.07) is -0.685. The Labute approximate surface area is 102 Å². The molecule has 0 spiro atoms. The molecule has 7 saturated carbocycles. The molecule has 7 fully saturated rings. The molecule has 0 aliphatic heterocycles. The Bertz CT molecular complexity index is 462. The first-order chi connectivity index (χ1) is 8.64. The number of hydrogen-bond donors (Lipinski definition) is 0. The van der Waals surface area contributed by atoms with Gasteiger partial charge in [-0.15, -0.1) is 0 Å². The summed E-state index contributed by atoms with van der Waals surface area (Å²) in [6.07, 6.45) is 0. The quantitative estimate of drug-likeness (QED) is 0.526. The predicted octanol–water partition coefficient (Wildman–Crippen LogP) is 0.521. The van der Waals surface area contributed by atoms with Gasteiger partial charge in [-0.25, -0.2) is 0 Å². The number of nitrogens with zero attached hydrogens (tertiary/aromatic N) is 2. The van der Waals surface area contributed by atoms with Crippen LogP contribution in [-0.4, -0.2) is 21.9 Å². The maximum atomic E-state index is 11.3. The molecule has 0 heterocycles. The van der Waals surface area contributed by atoms with E-state index in [4.69, 9.17) is 0 Å². The summed E-state index contributed by atoms with van der Waals surface area (Å²) in [5.74, 6) is 3.51. The second-order valence-electron chi connectivity index (χ2n) is 7.33. The van der Waals surface area contributed by atoms with Gasteiger partial charge in [-0.1, -0.05) is 0 Å². The van der Waals surface area contributed by atoms with Crippen LogP contribution in [-0.2, 0) is 0 Å². The standard InChI is InChI=1S/C12H12N2O4/c15-13(16)11-7-1-2-4-3(1)9(11)6-5(7)8(2)12(10(4)6)14(17)18/h1-12H. The highest BCUT2D eigenvalue weighted by Crippen LogP contribution is 2.91. The second-order valence-corrected chi connectivity index (χ2v) is 7.33. The first-order valence-electron chi connectivity index (χ1n) is 6.91. The zero-order chi connectivity index (χ0) is 12.1. The Balaban J connectivity index is 1.59. The molecule has 7 rings (SSSR count). The molecule has 6 nitrogen and oxygen atoms in total. The normalized spacial score (nSPS) is 74.4. The molecule has 0 N–H and O–H groups in total. The Hall–Kier alpha value is -1.20. The minimum atomic E-state index is -0.342. The fraction of sp³-hybridized carbons (Fsp3) is 1.00. The molecular weight excluding hydrogens is 236 g/mol. The lowest BCUT2D eigenvalue weighted by molar-refractivity contribution is -0.541. The molecule has 94 valence electrons. The summed E-state index contributed by atoms with van der Waals surface area (Å²) in [6.45, 7) is 0. The molecule has 18 heavy (non-hydrogen) atoms. The van der Waals surface area contributed by atoms with E-state index in [9.17, 15) is 20.2 Å². The average Bonchev–Trinajstić information content (AvgIpc) is 2.84. The average molecular weight is 248 g/mol. The largest absolute Gasteiger partial charge is 0.264 e. The number of hydrogen-bond acceptors (Lipinski definition) is 4. The zero-order valence-electron chi connectivity index (χ0n) is 9.46. The first kappa shape index (κ1) is 8.82. The van der Waals surface area contributed by atoms with Gasteiger partial charge >= 0.3 is 0 Å². The number of rotatable bonds is 2. The van der Waals surface area contributed by atoms with Crippen molar-refractivity contribution in [3.05, 3.63) is 20.2 Å². The SMILES string of the molecule is O=[N+]([O-])C1C2C3C4C5C3C3C2C(C41)C5C3[N+](=O)[O-]. The van der Waals surface area contributed by atoms with Gasteiger partial charge in [-0.05, 0) is 35.5 Å². The topological polar surface area (TPSA) is 86.3 Å².